The first-order valence-electron chi connectivity index (χ1n) is 18.1. The highest BCUT2D eigenvalue weighted by molar-refractivity contribution is 7.99. The number of nitrogens with one attached hydrogen (secondary N) is 2. The van der Waals surface area contributed by atoms with Gasteiger partial charge in [-0.2, -0.15) is 41.3 Å². The lowest BCUT2D eigenvalue weighted by molar-refractivity contribution is -0.335. The van der Waals surface area contributed by atoms with Gasteiger partial charge in [-0.25, -0.2) is 5.43 Å². The molecule has 2 amide bonds. The molecule has 0 bridgehead atoms. The van der Waals surface area contributed by atoms with Gasteiger partial charge in [-0.05, 0) is 25.5 Å². The third-order valence-corrected chi connectivity index (χ3v) is 10.7. The number of nitrogens with zero attached hydrogens (tertiary/aromatic N) is 3. The zero-order valence-electron chi connectivity index (χ0n) is 31.5. The Morgan fingerprint density at radius 2 is 1.54 bits per heavy atom. The summed E-state index contributed by atoms with van der Waals surface area (Å²) in [6.07, 6.45) is -8.97. The van der Waals surface area contributed by atoms with Gasteiger partial charge in [0.05, 0.1) is 26.4 Å². The van der Waals surface area contributed by atoms with Gasteiger partial charge in [-0.3, -0.25) is 19.6 Å². The minimum Gasteiger partial charge on any atom is -0.394 e. The number of methoxy groups -OCH3 is 1. The molecule has 0 radical (unpaired) electrons. The Morgan fingerprint density at radius 3 is 2.18 bits per heavy atom. The van der Waals surface area contributed by atoms with Crippen molar-refractivity contribution in [3.8, 4) is 0 Å². The SMILES string of the molecule is CO[C@H]1O[C@H](CO[C@H]2O[C@H](CO)[C@@H](O)[C@H](O)[C@H]2OCCSCCNC(=O)CC/C(C)=N/NC(=O)c2ccncc2)[C@@H](O)[C@H](O)[C@H]1OCCSCCN=C(N)CS. The molecule has 10 atom stereocenters. The number of carbonyl (C=O) groups excluding carboxylic acids is 2. The molecule has 2 fully saturated rings. The van der Waals surface area contributed by atoms with Crippen molar-refractivity contribution in [1.29, 1.82) is 0 Å². The third-order valence-electron chi connectivity index (χ3n) is 8.49. The van der Waals surface area contributed by atoms with E-state index < -0.39 is 68.0 Å². The van der Waals surface area contributed by atoms with Crippen LogP contribution in [0.3, 0.4) is 0 Å². The van der Waals surface area contributed by atoms with Crippen LogP contribution in [0.4, 0.5) is 0 Å². The van der Waals surface area contributed by atoms with Crippen LogP contribution in [0.15, 0.2) is 34.6 Å². The molecule has 0 unspecified atom stereocenters. The Kier molecular flexibility index (Phi) is 23.0. The van der Waals surface area contributed by atoms with Crippen molar-refractivity contribution in [3.63, 3.8) is 0 Å². The van der Waals surface area contributed by atoms with E-state index in [1.165, 1.54) is 31.3 Å². The lowest BCUT2D eigenvalue weighted by atomic mass is 9.98. The lowest BCUT2D eigenvalue weighted by Gasteiger charge is -2.44. The molecule has 2 aliphatic heterocycles. The minimum absolute atomic E-state index is 0.113. The van der Waals surface area contributed by atoms with Crippen LogP contribution >= 0.6 is 36.2 Å². The molecule has 56 heavy (non-hydrogen) atoms. The molecule has 0 spiro atoms. The number of thiol groups is 1. The Labute approximate surface area is 340 Å². The number of amides is 2. The summed E-state index contributed by atoms with van der Waals surface area (Å²) >= 11 is 7.11. The van der Waals surface area contributed by atoms with E-state index in [9.17, 15) is 35.1 Å². The summed E-state index contributed by atoms with van der Waals surface area (Å²) in [7, 11) is 1.37. The summed E-state index contributed by atoms with van der Waals surface area (Å²) in [6, 6.07) is 3.14. The van der Waals surface area contributed by atoms with Crippen molar-refractivity contribution in [3.05, 3.63) is 30.1 Å². The molecule has 318 valence electrons. The van der Waals surface area contributed by atoms with Gasteiger partial charge in [0.2, 0.25) is 5.91 Å². The number of carbonyl (C=O) groups is 2. The summed E-state index contributed by atoms with van der Waals surface area (Å²) in [5.41, 5.74) is 9.11. The van der Waals surface area contributed by atoms with E-state index in [0.717, 1.165) is 0 Å². The molecule has 1 aromatic heterocycles. The number of aliphatic hydroxyl groups excluding tert-OH is 5. The second kappa shape index (κ2) is 26.8. The number of hydrogen-bond donors (Lipinski definition) is 9. The van der Waals surface area contributed by atoms with Crippen molar-refractivity contribution in [2.45, 2.75) is 81.2 Å². The summed E-state index contributed by atoms with van der Waals surface area (Å²) in [5, 5.41) is 59.7. The van der Waals surface area contributed by atoms with E-state index in [4.69, 9.17) is 34.2 Å². The van der Waals surface area contributed by atoms with E-state index in [1.54, 1.807) is 30.8 Å². The van der Waals surface area contributed by atoms with Crippen LogP contribution in [-0.4, -0.2) is 191 Å². The highest BCUT2D eigenvalue weighted by Crippen LogP contribution is 2.28. The number of hydrogen-bond acceptors (Lipinski definition) is 19. The largest absolute Gasteiger partial charge is 0.394 e. The predicted molar refractivity (Wildman–Crippen MR) is 213 cm³/mol. The molecule has 0 saturated carbocycles. The fraction of sp³-hybridized carbons (Fsp3) is 0.735. The van der Waals surface area contributed by atoms with Crippen LogP contribution in [0.25, 0.3) is 0 Å². The number of aromatic nitrogens is 1. The third kappa shape index (κ3) is 16.2. The topological polar surface area (TPSA) is 278 Å². The van der Waals surface area contributed by atoms with Gasteiger partial charge < -0.3 is 65.0 Å². The van der Waals surface area contributed by atoms with Crippen LogP contribution in [0.5, 0.6) is 0 Å². The van der Waals surface area contributed by atoms with Gasteiger partial charge in [0.1, 0.15) is 54.7 Å². The molecule has 1 aromatic rings. The lowest BCUT2D eigenvalue weighted by Crippen LogP contribution is -2.62. The minimum atomic E-state index is -1.48. The first-order valence-corrected chi connectivity index (χ1v) is 21.0. The monoisotopic (exact) mass is 852 g/mol. The Balaban J connectivity index is 1.38. The molecule has 22 heteroatoms. The van der Waals surface area contributed by atoms with E-state index >= 15 is 0 Å². The van der Waals surface area contributed by atoms with Crippen molar-refractivity contribution in [2.75, 3.05) is 75.4 Å². The molecular formula is C34H56N6O13S3. The maximum atomic E-state index is 12.3. The standard InChI is InChI=1S/C34H56N6O13S3/c1-20(39-40-32(47)21-5-7-36-8-6-21)3-4-25(42)38-10-14-56-16-12-50-31-28(45)26(43)22(17-41)52-34(31)51-18-23-27(44)29(46)30(33(48-2)53-23)49-11-15-55-13-9-37-24(35)19-54/h5-8,22-23,26-31,33-34,41,43-46,54H,3-4,9-19H2,1-2H3,(H2,35,37)(H,38,42)(H,40,47)/b39-20+/t22-,23-,26-,27-,28+,29+,30-,31-,33+,34+/m1/s1. The number of pyridine rings is 1. The molecule has 3 heterocycles. The molecule has 19 nitrogen and oxygen atoms in total. The molecule has 0 aliphatic carbocycles. The zero-order chi connectivity index (χ0) is 40.9. The fourth-order valence-electron chi connectivity index (χ4n) is 5.38. The Hall–Kier alpha value is -2.16. The van der Waals surface area contributed by atoms with E-state index in [1.807, 2.05) is 0 Å². The second-order valence-electron chi connectivity index (χ2n) is 12.6. The number of nitrogens with two attached hydrogens (primary N) is 1. The van der Waals surface area contributed by atoms with Crippen molar-refractivity contribution in [2.24, 2.45) is 15.8 Å². The predicted octanol–water partition coefficient (Wildman–Crippen LogP) is -1.84. The number of thioether (sulfide) groups is 2. The maximum absolute atomic E-state index is 12.3. The van der Waals surface area contributed by atoms with E-state index in [0.29, 0.717) is 65.4 Å². The van der Waals surface area contributed by atoms with Gasteiger partial charge in [0.15, 0.2) is 12.6 Å². The number of hydrazone groups is 1. The van der Waals surface area contributed by atoms with Crippen LogP contribution in [-0.2, 0) is 33.2 Å². The Morgan fingerprint density at radius 1 is 0.911 bits per heavy atom. The average Bonchev–Trinajstić information content (AvgIpc) is 3.21. The maximum Gasteiger partial charge on any atom is 0.271 e. The molecule has 0 aromatic carbocycles. The highest BCUT2D eigenvalue weighted by Gasteiger charge is 2.48. The number of ether oxygens (including phenoxy) is 6. The van der Waals surface area contributed by atoms with E-state index in [2.05, 4.69) is 38.4 Å². The summed E-state index contributed by atoms with van der Waals surface area (Å²) in [6.45, 7) is 2.06. The number of amidine groups is 1. The van der Waals surface area contributed by atoms with Crippen LogP contribution in [0.2, 0.25) is 0 Å². The van der Waals surface area contributed by atoms with Gasteiger partial charge in [0.25, 0.3) is 5.91 Å². The Bertz CT molecular complexity index is 1360. The fourth-order valence-corrected chi connectivity index (χ4v) is 6.78. The summed E-state index contributed by atoms with van der Waals surface area (Å²) in [5.74, 6) is 2.63. The van der Waals surface area contributed by atoms with Crippen LogP contribution in [0, 0.1) is 0 Å². The summed E-state index contributed by atoms with van der Waals surface area (Å²) in [4.78, 5) is 32.4. The number of rotatable bonds is 25. The average molecular weight is 853 g/mol. The first-order chi connectivity index (χ1) is 27.0. The number of aliphatic hydroxyl groups is 5. The quantitative estimate of drug-likeness (QED) is 0.0172. The van der Waals surface area contributed by atoms with Gasteiger partial charge in [0, 0.05) is 79.1 Å². The molecule has 2 saturated heterocycles. The molecule has 2 aliphatic rings. The second-order valence-corrected chi connectivity index (χ2v) is 15.4. The number of aliphatic imine (C=N–C) groups is 1. The van der Waals surface area contributed by atoms with Gasteiger partial charge in [-0.1, -0.05) is 0 Å². The van der Waals surface area contributed by atoms with Crippen molar-refractivity contribution >= 4 is 59.5 Å². The summed E-state index contributed by atoms with van der Waals surface area (Å²) < 4.78 is 34.5. The van der Waals surface area contributed by atoms with Crippen LogP contribution in [0.1, 0.15) is 30.1 Å². The van der Waals surface area contributed by atoms with Crippen LogP contribution < -0.4 is 16.5 Å². The molecule has 9 N–H and O–H groups in total. The smallest absolute Gasteiger partial charge is 0.271 e. The van der Waals surface area contributed by atoms with E-state index in [-0.39, 0.29) is 38.1 Å². The molecule has 3 rings (SSSR count). The zero-order valence-corrected chi connectivity index (χ0v) is 34.0. The van der Waals surface area contributed by atoms with Gasteiger partial charge >= 0.3 is 0 Å². The van der Waals surface area contributed by atoms with Crippen molar-refractivity contribution in [1.82, 2.24) is 15.7 Å². The highest BCUT2D eigenvalue weighted by atomic mass is 32.2. The van der Waals surface area contributed by atoms with Crippen molar-refractivity contribution < 1.29 is 63.5 Å². The first kappa shape index (κ1) is 48.2. The molecular weight excluding hydrogens is 797 g/mol. The van der Waals surface area contributed by atoms with Gasteiger partial charge in [-0.15, -0.1) is 0 Å². The normalized spacial score (nSPS) is 28.6.